The lowest BCUT2D eigenvalue weighted by Crippen LogP contribution is -2.43. The molecule has 1 fully saturated rings. The molecule has 0 unspecified atom stereocenters. The van der Waals surface area contributed by atoms with Crippen molar-refractivity contribution in [3.05, 3.63) is 60.2 Å². The minimum Gasteiger partial charge on any atom is -0.497 e. The zero-order chi connectivity index (χ0) is 22.6. The first kappa shape index (κ1) is 22.7. The van der Waals surface area contributed by atoms with Gasteiger partial charge in [-0.15, -0.1) is 10.2 Å². The molecule has 2 heterocycles. The highest BCUT2D eigenvalue weighted by Crippen LogP contribution is 2.31. The quantitative estimate of drug-likeness (QED) is 0.380. The maximum absolute atomic E-state index is 13.1. The van der Waals surface area contributed by atoms with Gasteiger partial charge in [-0.05, 0) is 42.7 Å². The number of rotatable bonds is 8. The average molecular weight is 491 g/mol. The molecule has 11 heteroatoms. The van der Waals surface area contributed by atoms with Crippen LogP contribution >= 0.6 is 23.1 Å². The van der Waals surface area contributed by atoms with E-state index in [1.54, 1.807) is 12.1 Å². The fourth-order valence-electron chi connectivity index (χ4n) is 3.40. The molecule has 2 aromatic carbocycles. The van der Waals surface area contributed by atoms with Crippen molar-refractivity contribution in [1.29, 1.82) is 0 Å². The summed E-state index contributed by atoms with van der Waals surface area (Å²) in [7, 11) is -2.29. The third kappa shape index (κ3) is 5.12. The molecule has 1 saturated heterocycles. The minimum atomic E-state index is -3.80. The Balaban J connectivity index is 1.41. The molecule has 1 amide bonds. The number of amides is 1. The van der Waals surface area contributed by atoms with E-state index in [0.29, 0.717) is 30.3 Å². The topological polar surface area (TPSA) is 101 Å². The zero-order valence-electron chi connectivity index (χ0n) is 17.3. The molecule has 1 N–H and O–H groups in total. The highest BCUT2D eigenvalue weighted by atomic mass is 32.2. The second-order valence-electron chi connectivity index (χ2n) is 7.09. The zero-order valence-corrected chi connectivity index (χ0v) is 19.8. The first-order valence-corrected chi connectivity index (χ1v) is 13.2. The number of hydrogen-bond acceptors (Lipinski definition) is 8. The van der Waals surface area contributed by atoms with Gasteiger partial charge in [0.1, 0.15) is 11.8 Å². The number of hydrogen-bond donors (Lipinski definition) is 1. The standard InChI is InChI=1S/C21H22N4O4S3/c1-29-16-9-11-17(12-10-16)32(27,28)25-13-5-8-18(25)19(26)22-20-23-24-21(31-20)30-14-15-6-3-2-4-7-15/h2-4,6-7,9-12,18H,5,8,13-14H2,1H3,(H,22,23,26)/t18-/m1/s1. The van der Waals surface area contributed by atoms with Crippen LogP contribution in [-0.2, 0) is 20.6 Å². The lowest BCUT2D eigenvalue weighted by molar-refractivity contribution is -0.119. The highest BCUT2D eigenvalue weighted by Gasteiger charge is 2.39. The maximum Gasteiger partial charge on any atom is 0.244 e. The van der Waals surface area contributed by atoms with Gasteiger partial charge in [-0.25, -0.2) is 8.42 Å². The van der Waals surface area contributed by atoms with Crippen LogP contribution in [0.5, 0.6) is 5.75 Å². The fraction of sp³-hybridized carbons (Fsp3) is 0.286. The summed E-state index contributed by atoms with van der Waals surface area (Å²) in [5.41, 5.74) is 1.17. The third-order valence-corrected chi connectivity index (χ3v) is 8.98. The lowest BCUT2D eigenvalue weighted by atomic mass is 10.2. The molecule has 1 aliphatic heterocycles. The number of carbonyl (C=O) groups excluding carboxylic acids is 1. The van der Waals surface area contributed by atoms with Crippen molar-refractivity contribution < 1.29 is 17.9 Å². The first-order valence-electron chi connectivity index (χ1n) is 9.94. The fourth-order valence-corrected chi connectivity index (χ4v) is 6.77. The van der Waals surface area contributed by atoms with E-state index in [1.807, 2.05) is 30.3 Å². The van der Waals surface area contributed by atoms with Gasteiger partial charge in [0.05, 0.1) is 12.0 Å². The molecule has 0 spiro atoms. The number of benzene rings is 2. The molecule has 1 aromatic heterocycles. The van der Waals surface area contributed by atoms with Crippen LogP contribution < -0.4 is 10.1 Å². The summed E-state index contributed by atoms with van der Waals surface area (Å²) in [5.74, 6) is 0.923. The van der Waals surface area contributed by atoms with Crippen molar-refractivity contribution in [1.82, 2.24) is 14.5 Å². The Morgan fingerprint density at radius 2 is 1.94 bits per heavy atom. The van der Waals surface area contributed by atoms with Crippen molar-refractivity contribution in [2.24, 2.45) is 0 Å². The van der Waals surface area contributed by atoms with Gasteiger partial charge in [0, 0.05) is 12.3 Å². The molecule has 0 bridgehead atoms. The van der Waals surface area contributed by atoms with Crippen molar-refractivity contribution in [3.63, 3.8) is 0 Å². The molecular weight excluding hydrogens is 468 g/mol. The molecule has 8 nitrogen and oxygen atoms in total. The molecular formula is C21H22N4O4S3. The van der Waals surface area contributed by atoms with E-state index in [-0.39, 0.29) is 4.90 Å². The van der Waals surface area contributed by atoms with Crippen LogP contribution in [0.3, 0.4) is 0 Å². The van der Waals surface area contributed by atoms with E-state index in [4.69, 9.17) is 4.74 Å². The summed E-state index contributed by atoms with van der Waals surface area (Å²) < 4.78 is 33.3. The number of nitrogens with zero attached hydrogens (tertiary/aromatic N) is 3. The number of nitrogens with one attached hydrogen (secondary N) is 1. The van der Waals surface area contributed by atoms with Gasteiger partial charge in [0.15, 0.2) is 4.34 Å². The van der Waals surface area contributed by atoms with Crippen LogP contribution in [0.25, 0.3) is 0 Å². The summed E-state index contributed by atoms with van der Waals surface area (Å²) in [5, 5.41) is 11.3. The van der Waals surface area contributed by atoms with Gasteiger partial charge >= 0.3 is 0 Å². The average Bonchev–Trinajstić information content (AvgIpc) is 3.48. The van der Waals surface area contributed by atoms with Gasteiger partial charge < -0.3 is 4.74 Å². The molecule has 1 atom stereocenters. The normalized spacial score (nSPS) is 16.7. The van der Waals surface area contributed by atoms with Gasteiger partial charge in [0.2, 0.25) is 21.1 Å². The van der Waals surface area contributed by atoms with Crippen LogP contribution in [0.15, 0.2) is 63.8 Å². The molecule has 0 radical (unpaired) electrons. The smallest absolute Gasteiger partial charge is 0.244 e. The van der Waals surface area contributed by atoms with Crippen LogP contribution in [0.1, 0.15) is 18.4 Å². The highest BCUT2D eigenvalue weighted by molar-refractivity contribution is 8.00. The van der Waals surface area contributed by atoms with E-state index >= 15 is 0 Å². The van der Waals surface area contributed by atoms with Crippen molar-refractivity contribution in [2.45, 2.75) is 33.9 Å². The Kier molecular flexibility index (Phi) is 7.09. The van der Waals surface area contributed by atoms with Crippen molar-refractivity contribution in [3.8, 4) is 5.75 Å². The van der Waals surface area contributed by atoms with E-state index in [2.05, 4.69) is 15.5 Å². The van der Waals surface area contributed by atoms with Gasteiger partial charge in [0.25, 0.3) is 0 Å². The summed E-state index contributed by atoms with van der Waals surface area (Å²) in [6.45, 7) is 0.292. The molecule has 168 valence electrons. The summed E-state index contributed by atoms with van der Waals surface area (Å²) in [4.78, 5) is 13.0. The first-order chi connectivity index (χ1) is 15.5. The largest absolute Gasteiger partial charge is 0.497 e. The predicted octanol–water partition coefficient (Wildman–Crippen LogP) is 3.63. The molecule has 32 heavy (non-hydrogen) atoms. The van der Waals surface area contributed by atoms with Crippen molar-refractivity contribution >= 4 is 44.2 Å². The Labute approximate surface area is 195 Å². The molecule has 4 rings (SSSR count). The van der Waals surface area contributed by atoms with E-state index in [1.165, 1.54) is 52.2 Å². The SMILES string of the molecule is COc1ccc(S(=O)(=O)N2CCC[C@@H]2C(=O)Nc2nnc(SCc3ccccc3)s2)cc1. The maximum atomic E-state index is 13.1. The second-order valence-corrected chi connectivity index (χ2v) is 11.2. The Bertz CT molecular complexity index is 1170. The lowest BCUT2D eigenvalue weighted by Gasteiger charge is -2.23. The summed E-state index contributed by atoms with van der Waals surface area (Å²) in [6.07, 6.45) is 1.07. The van der Waals surface area contributed by atoms with Gasteiger partial charge in [-0.2, -0.15) is 4.31 Å². The number of carbonyl (C=O) groups is 1. The Morgan fingerprint density at radius 3 is 2.66 bits per heavy atom. The monoisotopic (exact) mass is 490 g/mol. The van der Waals surface area contributed by atoms with Gasteiger partial charge in [-0.1, -0.05) is 53.4 Å². The van der Waals surface area contributed by atoms with Crippen LogP contribution in [-0.4, -0.2) is 48.5 Å². The number of aromatic nitrogens is 2. The van der Waals surface area contributed by atoms with Gasteiger partial charge in [-0.3, -0.25) is 10.1 Å². The number of methoxy groups -OCH3 is 1. The van der Waals surface area contributed by atoms with E-state index in [0.717, 1.165) is 10.1 Å². The molecule has 0 aliphatic carbocycles. The Hall–Kier alpha value is -2.47. The Morgan fingerprint density at radius 1 is 1.19 bits per heavy atom. The predicted molar refractivity (Wildman–Crippen MR) is 124 cm³/mol. The van der Waals surface area contributed by atoms with E-state index in [9.17, 15) is 13.2 Å². The molecule has 3 aromatic rings. The summed E-state index contributed by atoms with van der Waals surface area (Å²) >= 11 is 2.81. The molecule has 0 saturated carbocycles. The van der Waals surface area contributed by atoms with Crippen molar-refractivity contribution in [2.75, 3.05) is 19.0 Å². The minimum absolute atomic E-state index is 0.133. The van der Waals surface area contributed by atoms with Crippen LogP contribution in [0, 0.1) is 0 Å². The molecule has 1 aliphatic rings. The number of thioether (sulfide) groups is 1. The second kappa shape index (κ2) is 9.99. The third-order valence-electron chi connectivity index (χ3n) is 5.01. The summed E-state index contributed by atoms with van der Waals surface area (Å²) in [6, 6.07) is 15.4. The number of ether oxygens (including phenoxy) is 1. The van der Waals surface area contributed by atoms with E-state index < -0.39 is 22.0 Å². The number of sulfonamides is 1. The van der Waals surface area contributed by atoms with Crippen LogP contribution in [0.2, 0.25) is 0 Å². The number of anilines is 1. The van der Waals surface area contributed by atoms with Crippen LogP contribution in [0.4, 0.5) is 5.13 Å².